The average molecular weight is 488 g/mol. The zero-order valence-corrected chi connectivity index (χ0v) is 20.4. The van der Waals surface area contributed by atoms with Gasteiger partial charge in [0.1, 0.15) is 16.0 Å². The molecule has 5 nitrogen and oxygen atoms in total. The third kappa shape index (κ3) is 3.94. The maximum atomic E-state index is 13.9. The highest BCUT2D eigenvalue weighted by atomic mass is 32.2. The normalized spacial score (nSPS) is 29.4. The molecule has 0 unspecified atom stereocenters. The summed E-state index contributed by atoms with van der Waals surface area (Å²) in [7, 11) is -3.34. The first kappa shape index (κ1) is 23.4. The number of rotatable bonds is 6. The number of benzene rings is 2. The molecular weight excluding hydrogens is 456 g/mol. The van der Waals surface area contributed by atoms with E-state index in [9.17, 15) is 17.8 Å². The fraction of sp³-hybridized carbons (Fsp3) is 0.500. The number of halogens is 2. The second-order valence-corrected chi connectivity index (χ2v) is 12.3. The van der Waals surface area contributed by atoms with Crippen molar-refractivity contribution in [2.75, 3.05) is 6.54 Å². The highest BCUT2D eigenvalue weighted by Crippen LogP contribution is 2.71. The molecule has 0 aromatic heterocycles. The van der Waals surface area contributed by atoms with Crippen molar-refractivity contribution in [1.29, 1.82) is 4.78 Å². The summed E-state index contributed by atoms with van der Waals surface area (Å²) in [6, 6.07) is 14.0. The molecule has 8 heteroatoms. The summed E-state index contributed by atoms with van der Waals surface area (Å²) in [5.41, 5.74) is 2.12. The lowest BCUT2D eigenvalue weighted by Crippen LogP contribution is -2.55. The SMILES string of the molecule is Cc1ccc(CN(C(=O)[C@@H]2CCCN2[S@](=N)(=O)c2ccc(C)cc2)C2CC3(C2)CC3(F)F)cc1. The Hall–Kier alpha value is -2.32. The van der Waals surface area contributed by atoms with E-state index in [4.69, 9.17) is 4.78 Å². The van der Waals surface area contributed by atoms with Gasteiger partial charge in [-0.2, -0.15) is 0 Å². The summed E-state index contributed by atoms with van der Waals surface area (Å²) in [6.07, 6.45) is 1.70. The lowest BCUT2D eigenvalue weighted by molar-refractivity contribution is -0.143. The van der Waals surface area contributed by atoms with Gasteiger partial charge in [0.25, 0.3) is 5.92 Å². The van der Waals surface area contributed by atoms with Gasteiger partial charge >= 0.3 is 0 Å². The van der Waals surface area contributed by atoms with Gasteiger partial charge in [0, 0.05) is 31.0 Å². The van der Waals surface area contributed by atoms with E-state index in [2.05, 4.69) is 0 Å². The predicted molar refractivity (Wildman–Crippen MR) is 127 cm³/mol. The Kier molecular flexibility index (Phi) is 5.60. The maximum Gasteiger partial charge on any atom is 0.254 e. The first-order valence-electron chi connectivity index (χ1n) is 11.9. The smallest absolute Gasteiger partial charge is 0.254 e. The first-order chi connectivity index (χ1) is 16.0. The Morgan fingerprint density at radius 1 is 1.09 bits per heavy atom. The van der Waals surface area contributed by atoms with Gasteiger partial charge in [-0.15, -0.1) is 0 Å². The minimum atomic E-state index is -3.34. The van der Waals surface area contributed by atoms with Crippen LogP contribution in [0.15, 0.2) is 53.4 Å². The van der Waals surface area contributed by atoms with Gasteiger partial charge in [-0.1, -0.05) is 47.5 Å². The minimum Gasteiger partial charge on any atom is -0.334 e. The molecule has 1 N–H and O–H groups in total. The number of amides is 1. The van der Waals surface area contributed by atoms with Crippen LogP contribution in [0.25, 0.3) is 0 Å². The second kappa shape index (κ2) is 8.12. The summed E-state index contributed by atoms with van der Waals surface area (Å²) in [5.74, 6) is -2.82. The van der Waals surface area contributed by atoms with Crippen LogP contribution in [0.4, 0.5) is 8.78 Å². The summed E-state index contributed by atoms with van der Waals surface area (Å²) >= 11 is 0. The summed E-state index contributed by atoms with van der Waals surface area (Å²) in [6.45, 7) is 4.65. The Bertz CT molecular complexity index is 1190. The molecular formula is C26H31F2N3O2S. The first-order valence-corrected chi connectivity index (χ1v) is 13.4. The Balaban J connectivity index is 1.40. The van der Waals surface area contributed by atoms with Crippen LogP contribution in [0, 0.1) is 24.0 Å². The molecule has 1 aliphatic heterocycles. The van der Waals surface area contributed by atoms with E-state index in [1.807, 2.05) is 50.2 Å². The summed E-state index contributed by atoms with van der Waals surface area (Å²) in [5, 5.41) is 0. The van der Waals surface area contributed by atoms with Gasteiger partial charge in [0.2, 0.25) is 5.91 Å². The van der Waals surface area contributed by atoms with Gasteiger partial charge in [0.15, 0.2) is 0 Å². The zero-order valence-electron chi connectivity index (χ0n) is 19.6. The number of nitrogens with zero attached hydrogens (tertiary/aromatic N) is 2. The van der Waals surface area contributed by atoms with Crippen LogP contribution in [-0.4, -0.2) is 43.9 Å². The molecule has 5 rings (SSSR count). The van der Waals surface area contributed by atoms with Crippen LogP contribution in [0.5, 0.6) is 0 Å². The van der Waals surface area contributed by atoms with E-state index in [1.165, 1.54) is 4.31 Å². The standard InChI is InChI=1S/C26H31F2N3O2S/c1-18-5-9-20(10-6-18)16-30(21-14-25(15-21)17-26(25,27)28)24(32)23-4-3-13-31(23)34(29,33)22-11-7-19(2)8-12-22/h5-12,21,23,29H,3-4,13-17H2,1-2H3/t21?,23-,25?,34-/m0/s1. The van der Waals surface area contributed by atoms with Gasteiger partial charge in [-0.05, 0) is 57.2 Å². The number of aryl methyl sites for hydroxylation is 2. The summed E-state index contributed by atoms with van der Waals surface area (Å²) < 4.78 is 51.7. The molecule has 1 saturated heterocycles. The van der Waals surface area contributed by atoms with Crippen molar-refractivity contribution < 1.29 is 17.8 Å². The van der Waals surface area contributed by atoms with E-state index < -0.39 is 27.3 Å². The van der Waals surface area contributed by atoms with E-state index in [0.717, 1.165) is 16.7 Å². The highest BCUT2D eigenvalue weighted by Gasteiger charge is 2.76. The van der Waals surface area contributed by atoms with Crippen molar-refractivity contribution in [3.05, 3.63) is 65.2 Å². The van der Waals surface area contributed by atoms with Gasteiger partial charge in [-0.3, -0.25) is 4.79 Å². The Morgan fingerprint density at radius 3 is 2.21 bits per heavy atom. The van der Waals surface area contributed by atoms with Crippen molar-refractivity contribution in [2.45, 2.75) is 75.4 Å². The molecule has 3 aliphatic rings. The molecule has 1 heterocycles. The second-order valence-electron chi connectivity index (χ2n) is 10.3. The van der Waals surface area contributed by atoms with Gasteiger partial charge in [0.05, 0.1) is 4.90 Å². The average Bonchev–Trinajstić information content (AvgIpc) is 3.11. The van der Waals surface area contributed by atoms with Crippen LogP contribution in [0.3, 0.4) is 0 Å². The molecule has 2 atom stereocenters. The van der Waals surface area contributed by atoms with Gasteiger partial charge in [-0.25, -0.2) is 22.1 Å². The fourth-order valence-corrected chi connectivity index (χ4v) is 7.22. The van der Waals surface area contributed by atoms with Crippen LogP contribution < -0.4 is 0 Å². The Morgan fingerprint density at radius 2 is 1.65 bits per heavy atom. The quantitative estimate of drug-likeness (QED) is 0.601. The number of alkyl halides is 2. The van der Waals surface area contributed by atoms with Crippen molar-refractivity contribution in [3.8, 4) is 0 Å². The number of hydrogen-bond donors (Lipinski definition) is 1. The molecule has 2 saturated carbocycles. The number of carbonyl (C=O) groups is 1. The van der Waals surface area contributed by atoms with Crippen molar-refractivity contribution in [2.24, 2.45) is 5.41 Å². The number of carbonyl (C=O) groups excluding carboxylic acids is 1. The molecule has 0 radical (unpaired) electrons. The van der Waals surface area contributed by atoms with Crippen molar-refractivity contribution >= 4 is 15.8 Å². The van der Waals surface area contributed by atoms with E-state index in [-0.39, 0.29) is 18.4 Å². The maximum absolute atomic E-state index is 13.9. The molecule has 1 amide bonds. The molecule has 1 spiro atoms. The minimum absolute atomic E-state index is 0.0907. The molecule has 2 aliphatic carbocycles. The zero-order chi connectivity index (χ0) is 24.3. The fourth-order valence-electron chi connectivity index (χ4n) is 5.51. The van der Waals surface area contributed by atoms with E-state index in [0.29, 0.717) is 43.7 Å². The topological polar surface area (TPSA) is 64.5 Å². The van der Waals surface area contributed by atoms with Crippen LogP contribution >= 0.6 is 0 Å². The largest absolute Gasteiger partial charge is 0.334 e. The molecule has 3 fully saturated rings. The highest BCUT2D eigenvalue weighted by molar-refractivity contribution is 7.90. The van der Waals surface area contributed by atoms with Crippen molar-refractivity contribution in [1.82, 2.24) is 9.21 Å². The molecule has 182 valence electrons. The molecule has 34 heavy (non-hydrogen) atoms. The molecule has 0 bridgehead atoms. The van der Waals surface area contributed by atoms with Crippen LogP contribution in [-0.2, 0) is 21.3 Å². The van der Waals surface area contributed by atoms with E-state index >= 15 is 0 Å². The van der Waals surface area contributed by atoms with Crippen molar-refractivity contribution in [3.63, 3.8) is 0 Å². The van der Waals surface area contributed by atoms with E-state index in [1.54, 1.807) is 17.0 Å². The molecule has 2 aromatic rings. The monoisotopic (exact) mass is 487 g/mol. The summed E-state index contributed by atoms with van der Waals surface area (Å²) in [4.78, 5) is 16.0. The Labute approximate surface area is 200 Å². The third-order valence-electron chi connectivity index (χ3n) is 7.82. The number of hydrogen-bond acceptors (Lipinski definition) is 3. The predicted octanol–water partition coefficient (Wildman–Crippen LogP) is 5.31. The number of nitrogens with one attached hydrogen (secondary N) is 1. The lowest BCUT2D eigenvalue weighted by atomic mass is 9.75. The lowest BCUT2D eigenvalue weighted by Gasteiger charge is -2.45. The molecule has 2 aromatic carbocycles. The van der Waals surface area contributed by atoms with Crippen LogP contribution in [0.2, 0.25) is 0 Å². The third-order valence-corrected chi connectivity index (χ3v) is 9.83. The van der Waals surface area contributed by atoms with Crippen LogP contribution in [0.1, 0.15) is 48.8 Å². The van der Waals surface area contributed by atoms with Gasteiger partial charge < -0.3 is 4.90 Å².